The Morgan fingerprint density at radius 2 is 2.19 bits per heavy atom. The molecule has 0 atom stereocenters. The molecule has 0 fully saturated rings. The third-order valence-electron chi connectivity index (χ3n) is 2.02. The van der Waals surface area contributed by atoms with E-state index in [1.807, 2.05) is 6.07 Å². The van der Waals surface area contributed by atoms with Crippen LogP contribution in [0.3, 0.4) is 0 Å². The van der Waals surface area contributed by atoms with Crippen LogP contribution in [0, 0.1) is 10.1 Å². The number of nitrogens with one attached hydrogen (secondary N) is 1. The lowest BCUT2D eigenvalue weighted by Crippen LogP contribution is -3.00. The molecule has 16 heavy (non-hydrogen) atoms. The normalized spacial score (nSPS) is 9.50. The first kappa shape index (κ1) is 12.4. The summed E-state index contributed by atoms with van der Waals surface area (Å²) >= 11 is 0. The van der Waals surface area contributed by atoms with Crippen molar-refractivity contribution < 1.29 is 31.3 Å². The predicted octanol–water partition coefficient (Wildman–Crippen LogP) is -1.40. The summed E-state index contributed by atoms with van der Waals surface area (Å²) in [6, 6.07) is 6.81. The number of furan rings is 1. The number of hydrogen-bond donors (Lipinski definition) is 0. The molecule has 6 heteroatoms. The second-order valence-corrected chi connectivity index (χ2v) is 3.09. The molecule has 0 aliphatic carbocycles. The topological polar surface area (TPSA) is 70.4 Å². The molecule has 1 N–H and O–H groups in total. The molecule has 0 radical (unpaired) electrons. The van der Waals surface area contributed by atoms with E-state index in [1.54, 1.807) is 18.4 Å². The molecule has 0 amide bonds. The van der Waals surface area contributed by atoms with E-state index in [2.05, 4.69) is 4.98 Å². The van der Waals surface area contributed by atoms with Gasteiger partial charge in [0.15, 0.2) is 5.69 Å². The van der Waals surface area contributed by atoms with Crippen molar-refractivity contribution in [3.8, 4) is 0 Å². The van der Waals surface area contributed by atoms with Crippen molar-refractivity contribution in [1.82, 2.24) is 0 Å². The predicted molar refractivity (Wildman–Crippen MR) is 51.2 cm³/mol. The highest BCUT2D eigenvalue weighted by Gasteiger charge is 2.11. The molecule has 2 rings (SSSR count). The Morgan fingerprint density at radius 3 is 2.69 bits per heavy atom. The molecular weight excluding hydrogens is 276 g/mol. The van der Waals surface area contributed by atoms with Crippen molar-refractivity contribution >= 4 is 5.69 Å². The molecule has 0 aliphatic rings. The first-order valence-corrected chi connectivity index (χ1v) is 4.43. The smallest absolute Gasteiger partial charge is 0.332 e. The van der Waals surface area contributed by atoms with E-state index in [0.29, 0.717) is 6.42 Å². The van der Waals surface area contributed by atoms with Gasteiger partial charge in [0.1, 0.15) is 5.76 Å². The summed E-state index contributed by atoms with van der Waals surface area (Å²) in [6.45, 7) is 0. The lowest BCUT2D eigenvalue weighted by atomic mass is 10.2. The molecule has 0 unspecified atom stereocenters. The summed E-state index contributed by atoms with van der Waals surface area (Å²) in [5.41, 5.74) is 0.925. The Bertz CT molecular complexity index is 453. The second-order valence-electron chi connectivity index (χ2n) is 3.09. The lowest BCUT2D eigenvalue weighted by Gasteiger charge is -1.91. The molecule has 2 aromatic rings. The van der Waals surface area contributed by atoms with Gasteiger partial charge in [-0.05, 0) is 12.1 Å². The number of aromatic amines is 1. The maximum atomic E-state index is 10.4. The summed E-state index contributed by atoms with van der Waals surface area (Å²) in [5.74, 6) is 0.820. The standard InChI is InChI=1S/C10H8N2O3.BrH/c13-12(14)9-4-3-8(11-7-9)6-10-2-1-5-15-10;/h1-5,7H,6H2;1H. The van der Waals surface area contributed by atoms with Crippen LogP contribution >= 0.6 is 0 Å². The number of hydrogen-bond acceptors (Lipinski definition) is 3. The Labute approximate surface area is 102 Å². The van der Waals surface area contributed by atoms with Gasteiger partial charge in [-0.3, -0.25) is 10.1 Å². The van der Waals surface area contributed by atoms with Crippen LogP contribution in [0.25, 0.3) is 0 Å². The number of H-pyrrole nitrogens is 1. The molecule has 2 heterocycles. The minimum atomic E-state index is -0.437. The number of nitro groups is 1. The zero-order valence-electron chi connectivity index (χ0n) is 8.22. The van der Waals surface area contributed by atoms with E-state index in [-0.39, 0.29) is 22.7 Å². The fraction of sp³-hybridized carbons (Fsp3) is 0.100. The van der Waals surface area contributed by atoms with Crippen LogP contribution in [-0.4, -0.2) is 4.92 Å². The number of rotatable bonds is 3. The number of pyridine rings is 1. The molecule has 0 saturated heterocycles. The van der Waals surface area contributed by atoms with E-state index in [1.165, 1.54) is 12.3 Å². The van der Waals surface area contributed by atoms with Crippen molar-refractivity contribution in [2.75, 3.05) is 0 Å². The van der Waals surface area contributed by atoms with E-state index in [4.69, 9.17) is 4.42 Å². The SMILES string of the molecule is O=[N+]([O-])c1ccc(Cc2ccco2)[nH+]c1.[Br-]. The van der Waals surface area contributed by atoms with Crippen LogP contribution in [-0.2, 0) is 6.42 Å². The molecule has 2 aromatic heterocycles. The maximum absolute atomic E-state index is 10.4. The summed E-state index contributed by atoms with van der Waals surface area (Å²) in [6.07, 6.45) is 3.57. The Hall–Kier alpha value is -1.69. The van der Waals surface area contributed by atoms with Gasteiger partial charge in [-0.1, -0.05) is 0 Å². The van der Waals surface area contributed by atoms with Crippen molar-refractivity contribution in [2.24, 2.45) is 0 Å². The summed E-state index contributed by atoms with van der Waals surface area (Å²) in [7, 11) is 0. The zero-order chi connectivity index (χ0) is 10.7. The highest BCUT2D eigenvalue weighted by molar-refractivity contribution is 5.24. The third kappa shape index (κ3) is 2.90. The lowest BCUT2D eigenvalue weighted by molar-refractivity contribution is -0.425. The maximum Gasteiger partial charge on any atom is 0.332 e. The number of aromatic nitrogens is 1. The third-order valence-corrected chi connectivity index (χ3v) is 2.02. The van der Waals surface area contributed by atoms with Crippen molar-refractivity contribution in [1.29, 1.82) is 0 Å². The summed E-state index contributed by atoms with van der Waals surface area (Å²) < 4.78 is 5.16. The number of halogens is 1. The molecule has 0 bridgehead atoms. The van der Waals surface area contributed by atoms with Gasteiger partial charge in [-0.2, -0.15) is 0 Å². The van der Waals surface area contributed by atoms with E-state index < -0.39 is 4.92 Å². The van der Waals surface area contributed by atoms with Gasteiger partial charge < -0.3 is 21.4 Å². The minimum Gasteiger partial charge on any atom is -1.00 e. The van der Waals surface area contributed by atoms with Gasteiger partial charge >= 0.3 is 5.69 Å². The Morgan fingerprint density at radius 1 is 1.38 bits per heavy atom. The van der Waals surface area contributed by atoms with Crippen LogP contribution in [0.2, 0.25) is 0 Å². The highest BCUT2D eigenvalue weighted by atomic mass is 79.9. The van der Waals surface area contributed by atoms with Gasteiger partial charge in [0.05, 0.1) is 17.6 Å². The quantitative estimate of drug-likeness (QED) is 0.514. The molecule has 0 aromatic carbocycles. The monoisotopic (exact) mass is 284 g/mol. The zero-order valence-corrected chi connectivity index (χ0v) is 9.81. The van der Waals surface area contributed by atoms with Gasteiger partial charge in [0, 0.05) is 12.1 Å². The molecule has 0 spiro atoms. The largest absolute Gasteiger partial charge is 1.00 e. The Balaban J connectivity index is 0.00000128. The van der Waals surface area contributed by atoms with Crippen LogP contribution in [0.5, 0.6) is 0 Å². The fourth-order valence-electron chi connectivity index (χ4n) is 1.27. The van der Waals surface area contributed by atoms with E-state index in [9.17, 15) is 10.1 Å². The van der Waals surface area contributed by atoms with Crippen molar-refractivity contribution in [2.45, 2.75) is 6.42 Å². The molecule has 0 saturated carbocycles. The second kappa shape index (κ2) is 5.41. The van der Waals surface area contributed by atoms with Gasteiger partial charge in [0.2, 0.25) is 6.20 Å². The molecule has 5 nitrogen and oxygen atoms in total. The molecule has 84 valence electrons. The van der Waals surface area contributed by atoms with E-state index in [0.717, 1.165) is 11.5 Å². The van der Waals surface area contributed by atoms with Crippen molar-refractivity contribution in [3.05, 3.63) is 58.3 Å². The Kier molecular flexibility index (Phi) is 4.19. The van der Waals surface area contributed by atoms with Crippen LogP contribution in [0.4, 0.5) is 5.69 Å². The first-order valence-electron chi connectivity index (χ1n) is 4.43. The van der Waals surface area contributed by atoms with Gasteiger partial charge in [-0.25, -0.2) is 4.98 Å². The minimum absolute atomic E-state index is 0. The van der Waals surface area contributed by atoms with Crippen LogP contribution in [0.15, 0.2) is 41.1 Å². The molecule has 0 aliphatic heterocycles. The van der Waals surface area contributed by atoms with Gasteiger partial charge in [0.25, 0.3) is 0 Å². The van der Waals surface area contributed by atoms with Gasteiger partial charge in [-0.15, -0.1) is 0 Å². The first-order chi connectivity index (χ1) is 7.25. The highest BCUT2D eigenvalue weighted by Crippen LogP contribution is 2.09. The average molecular weight is 285 g/mol. The molecular formula is C10H9BrN2O3. The fourth-order valence-corrected chi connectivity index (χ4v) is 1.27. The summed E-state index contributed by atoms with van der Waals surface area (Å²) in [4.78, 5) is 12.8. The summed E-state index contributed by atoms with van der Waals surface area (Å²) in [5, 5.41) is 10.4. The van der Waals surface area contributed by atoms with Crippen molar-refractivity contribution in [3.63, 3.8) is 0 Å². The van der Waals surface area contributed by atoms with Crippen LogP contribution in [0.1, 0.15) is 11.5 Å². The number of nitrogens with zero attached hydrogens (tertiary/aromatic N) is 1. The van der Waals surface area contributed by atoms with Crippen LogP contribution < -0.4 is 22.0 Å². The average Bonchev–Trinajstić information content (AvgIpc) is 2.71. The van der Waals surface area contributed by atoms with E-state index >= 15 is 0 Å².